The number of hydrogen-bond donors (Lipinski definition) is 0. The van der Waals surface area contributed by atoms with Gasteiger partial charge in [0.05, 0.1) is 16.6 Å². The molecule has 2 aliphatic heterocycles. The highest BCUT2D eigenvalue weighted by molar-refractivity contribution is 7.89. The van der Waals surface area contributed by atoms with E-state index < -0.39 is 16.0 Å². The summed E-state index contributed by atoms with van der Waals surface area (Å²) in [6.07, 6.45) is 1.72. The third kappa shape index (κ3) is 4.66. The van der Waals surface area contributed by atoms with Crippen LogP contribution in [0.1, 0.15) is 30.1 Å². The van der Waals surface area contributed by atoms with Crippen LogP contribution in [0.15, 0.2) is 29.2 Å². The van der Waals surface area contributed by atoms with E-state index in [1.165, 1.54) is 35.5 Å². The van der Waals surface area contributed by atoms with Crippen molar-refractivity contribution in [2.75, 3.05) is 39.4 Å². The first-order valence-corrected chi connectivity index (χ1v) is 10.5. The molecule has 2 saturated heterocycles. The Balaban J connectivity index is 1.66. The second-order valence-electron chi connectivity index (χ2n) is 6.67. The van der Waals surface area contributed by atoms with Crippen LogP contribution in [0.25, 0.3) is 0 Å². The van der Waals surface area contributed by atoms with E-state index in [2.05, 4.69) is 0 Å². The second kappa shape index (κ2) is 8.37. The topological polar surface area (TPSA) is 93.2 Å². The van der Waals surface area contributed by atoms with Gasteiger partial charge < -0.3 is 14.4 Å². The molecule has 0 spiro atoms. The average molecular weight is 396 g/mol. The molecule has 0 N–H and O–H groups in total. The van der Waals surface area contributed by atoms with Crippen LogP contribution >= 0.6 is 0 Å². The Morgan fingerprint density at radius 2 is 1.96 bits per heavy atom. The summed E-state index contributed by atoms with van der Waals surface area (Å²) in [5.41, 5.74) is 0.191. The molecule has 0 bridgehead atoms. The second-order valence-corrected chi connectivity index (χ2v) is 8.61. The van der Waals surface area contributed by atoms with Crippen molar-refractivity contribution in [3.63, 3.8) is 0 Å². The van der Waals surface area contributed by atoms with E-state index in [0.717, 1.165) is 12.8 Å². The molecule has 1 aromatic carbocycles. The summed E-state index contributed by atoms with van der Waals surface area (Å²) >= 11 is 0. The van der Waals surface area contributed by atoms with E-state index >= 15 is 0 Å². The molecule has 3 rings (SSSR count). The number of benzene rings is 1. The third-order valence-corrected chi connectivity index (χ3v) is 6.71. The molecule has 0 aliphatic carbocycles. The zero-order valence-corrected chi connectivity index (χ0v) is 16.1. The van der Waals surface area contributed by atoms with E-state index in [4.69, 9.17) is 9.47 Å². The van der Waals surface area contributed by atoms with E-state index in [9.17, 15) is 18.0 Å². The Bertz CT molecular complexity index is 796. The lowest BCUT2D eigenvalue weighted by atomic mass is 10.2. The molecule has 8 nitrogen and oxygen atoms in total. The first-order valence-electron chi connectivity index (χ1n) is 9.02. The van der Waals surface area contributed by atoms with Crippen molar-refractivity contribution in [2.45, 2.75) is 30.8 Å². The molecule has 1 amide bonds. The summed E-state index contributed by atoms with van der Waals surface area (Å²) in [4.78, 5) is 25.3. The number of carbonyl (C=O) groups excluding carboxylic acids is 2. The Kier molecular flexibility index (Phi) is 6.13. The minimum absolute atomic E-state index is 0.0466. The molecule has 148 valence electrons. The molecule has 1 atom stereocenters. The van der Waals surface area contributed by atoms with Crippen molar-refractivity contribution < 1.29 is 27.5 Å². The predicted molar refractivity (Wildman–Crippen MR) is 96.7 cm³/mol. The maximum atomic E-state index is 12.9. The number of nitrogens with zero attached hydrogens (tertiary/aromatic N) is 2. The summed E-state index contributed by atoms with van der Waals surface area (Å²) in [5.74, 6) is -0.632. The Labute approximate surface area is 159 Å². The Morgan fingerprint density at radius 3 is 2.59 bits per heavy atom. The molecular formula is C18H24N2O6S. The van der Waals surface area contributed by atoms with Gasteiger partial charge in [0.15, 0.2) is 0 Å². The lowest BCUT2D eigenvalue weighted by Gasteiger charge is -2.33. The number of rotatable bonds is 5. The number of sulfonamides is 1. The van der Waals surface area contributed by atoms with Crippen LogP contribution in [0.3, 0.4) is 0 Å². The maximum absolute atomic E-state index is 12.9. The SMILES string of the molecule is CC(=O)N1CCN(S(=O)(=O)c2cccc(C(=O)OCC3CCCO3)c2)CC1. The van der Waals surface area contributed by atoms with E-state index in [1.807, 2.05) is 0 Å². The molecule has 0 radical (unpaired) electrons. The maximum Gasteiger partial charge on any atom is 0.338 e. The number of carbonyl (C=O) groups is 2. The fraction of sp³-hybridized carbons (Fsp3) is 0.556. The summed E-state index contributed by atoms with van der Waals surface area (Å²) < 4.78 is 37.7. The van der Waals surface area contributed by atoms with Gasteiger partial charge in [-0.05, 0) is 31.0 Å². The highest BCUT2D eigenvalue weighted by Gasteiger charge is 2.30. The minimum Gasteiger partial charge on any atom is -0.459 e. The van der Waals surface area contributed by atoms with Gasteiger partial charge in [-0.3, -0.25) is 4.79 Å². The Morgan fingerprint density at radius 1 is 1.22 bits per heavy atom. The van der Waals surface area contributed by atoms with E-state index in [1.54, 1.807) is 4.90 Å². The van der Waals surface area contributed by atoms with Crippen LogP contribution in [0, 0.1) is 0 Å². The van der Waals surface area contributed by atoms with Gasteiger partial charge >= 0.3 is 5.97 Å². The highest BCUT2D eigenvalue weighted by atomic mass is 32.2. The van der Waals surface area contributed by atoms with Crippen molar-refractivity contribution in [1.29, 1.82) is 0 Å². The largest absolute Gasteiger partial charge is 0.459 e. The summed E-state index contributed by atoms with van der Waals surface area (Å²) in [6, 6.07) is 5.86. The summed E-state index contributed by atoms with van der Waals surface area (Å²) in [5, 5.41) is 0. The van der Waals surface area contributed by atoms with Gasteiger partial charge in [0.2, 0.25) is 15.9 Å². The van der Waals surface area contributed by atoms with Crippen LogP contribution in [0.5, 0.6) is 0 Å². The van der Waals surface area contributed by atoms with Crippen LogP contribution in [-0.4, -0.2) is 75.0 Å². The van der Waals surface area contributed by atoms with E-state index in [-0.39, 0.29) is 42.2 Å². The monoisotopic (exact) mass is 396 g/mol. The van der Waals surface area contributed by atoms with Crippen LogP contribution in [-0.2, 0) is 24.3 Å². The molecule has 9 heteroatoms. The number of ether oxygens (including phenoxy) is 2. The van der Waals surface area contributed by atoms with E-state index in [0.29, 0.717) is 19.7 Å². The standard InChI is InChI=1S/C18H24N2O6S/c1-14(21)19-7-9-20(10-8-19)27(23,24)17-6-2-4-15(12-17)18(22)26-13-16-5-3-11-25-16/h2,4,6,12,16H,3,5,7-11,13H2,1H3. The van der Waals surface area contributed by atoms with Crippen molar-refractivity contribution in [2.24, 2.45) is 0 Å². The quantitative estimate of drug-likeness (QED) is 0.686. The van der Waals surface area contributed by atoms with Gasteiger partial charge in [-0.15, -0.1) is 0 Å². The minimum atomic E-state index is -3.73. The molecular weight excluding hydrogens is 372 g/mol. The van der Waals surface area contributed by atoms with Gasteiger partial charge in [-0.25, -0.2) is 13.2 Å². The lowest BCUT2D eigenvalue weighted by Crippen LogP contribution is -2.49. The zero-order chi connectivity index (χ0) is 19.4. The van der Waals surface area contributed by atoms with Crippen LogP contribution < -0.4 is 0 Å². The number of esters is 1. The van der Waals surface area contributed by atoms with Crippen LogP contribution in [0.2, 0.25) is 0 Å². The average Bonchev–Trinajstić information content (AvgIpc) is 3.20. The fourth-order valence-corrected chi connectivity index (χ4v) is 4.67. The van der Waals surface area contributed by atoms with Gasteiger partial charge in [-0.2, -0.15) is 4.31 Å². The normalized spacial score (nSPS) is 21.2. The Hall–Kier alpha value is -1.97. The van der Waals surface area contributed by atoms with Crippen molar-refractivity contribution >= 4 is 21.9 Å². The number of piperazine rings is 1. The molecule has 2 aliphatic rings. The molecule has 0 saturated carbocycles. The summed E-state index contributed by atoms with van der Waals surface area (Å²) in [7, 11) is -3.73. The van der Waals surface area contributed by atoms with Gasteiger partial charge in [-0.1, -0.05) is 6.07 Å². The third-order valence-electron chi connectivity index (χ3n) is 4.82. The van der Waals surface area contributed by atoms with Crippen molar-refractivity contribution in [3.8, 4) is 0 Å². The van der Waals surface area contributed by atoms with Crippen molar-refractivity contribution in [3.05, 3.63) is 29.8 Å². The molecule has 0 aromatic heterocycles. The smallest absolute Gasteiger partial charge is 0.338 e. The molecule has 27 heavy (non-hydrogen) atoms. The van der Waals surface area contributed by atoms with Crippen molar-refractivity contribution in [1.82, 2.24) is 9.21 Å². The van der Waals surface area contributed by atoms with Gasteiger partial charge in [0.25, 0.3) is 0 Å². The molecule has 2 fully saturated rings. The molecule has 2 heterocycles. The fourth-order valence-electron chi connectivity index (χ4n) is 3.20. The van der Waals surface area contributed by atoms with Gasteiger partial charge in [0.1, 0.15) is 6.61 Å². The van der Waals surface area contributed by atoms with Crippen LogP contribution in [0.4, 0.5) is 0 Å². The van der Waals surface area contributed by atoms with Gasteiger partial charge in [0, 0.05) is 39.7 Å². The molecule has 1 unspecified atom stereocenters. The highest BCUT2D eigenvalue weighted by Crippen LogP contribution is 2.20. The first-order chi connectivity index (χ1) is 12.9. The lowest BCUT2D eigenvalue weighted by molar-refractivity contribution is -0.129. The number of hydrogen-bond acceptors (Lipinski definition) is 6. The summed E-state index contributed by atoms with van der Waals surface area (Å²) in [6.45, 7) is 3.49. The number of amides is 1. The predicted octanol–water partition coefficient (Wildman–Crippen LogP) is 0.875. The molecule has 1 aromatic rings. The first kappa shape index (κ1) is 19.8. The zero-order valence-electron chi connectivity index (χ0n) is 15.3.